The van der Waals surface area contributed by atoms with E-state index in [0.717, 1.165) is 23.1 Å². The fourth-order valence-electron chi connectivity index (χ4n) is 3.11. The lowest BCUT2D eigenvalue weighted by molar-refractivity contribution is 0.505. The topological polar surface area (TPSA) is 26.0 Å². The molecule has 0 spiro atoms. The molecule has 130 valence electrons. The second-order valence-electron chi connectivity index (χ2n) is 7.38. The first kappa shape index (κ1) is 16.6. The molecule has 2 heteroatoms. The summed E-state index contributed by atoms with van der Waals surface area (Å²) in [5.74, 6) is 0.672. The van der Waals surface area contributed by atoms with Crippen LogP contribution in [0.3, 0.4) is 0 Å². The van der Waals surface area contributed by atoms with Gasteiger partial charge in [0.05, 0.1) is 0 Å². The van der Waals surface area contributed by atoms with Gasteiger partial charge in [0.15, 0.2) is 5.58 Å². The first-order valence-electron chi connectivity index (χ1n) is 9.14. The molecule has 0 saturated carbocycles. The molecule has 0 aliphatic carbocycles. The Labute approximate surface area is 154 Å². The van der Waals surface area contributed by atoms with Gasteiger partial charge in [-0.3, -0.25) is 0 Å². The van der Waals surface area contributed by atoms with E-state index in [1.165, 1.54) is 16.7 Å². The van der Waals surface area contributed by atoms with Crippen LogP contribution in [0.15, 0.2) is 77.2 Å². The average molecular weight is 341 g/mol. The van der Waals surface area contributed by atoms with Crippen LogP contribution in [0.2, 0.25) is 0 Å². The number of benzene rings is 3. The van der Waals surface area contributed by atoms with E-state index < -0.39 is 0 Å². The number of nitrogens with zero attached hydrogens (tertiary/aromatic N) is 1. The molecule has 0 amide bonds. The minimum atomic E-state index is 0.137. The first-order valence-corrected chi connectivity index (χ1v) is 9.14. The van der Waals surface area contributed by atoms with Crippen molar-refractivity contribution in [3.63, 3.8) is 0 Å². The van der Waals surface area contributed by atoms with Crippen LogP contribution in [0, 0.1) is 0 Å². The molecule has 0 unspecified atom stereocenters. The van der Waals surface area contributed by atoms with Gasteiger partial charge in [-0.15, -0.1) is 0 Å². The normalized spacial score (nSPS) is 11.8. The quantitative estimate of drug-likeness (QED) is 0.406. The summed E-state index contributed by atoms with van der Waals surface area (Å²) in [5, 5.41) is 0. The summed E-state index contributed by atoms with van der Waals surface area (Å²) in [6, 6.07) is 25.1. The van der Waals surface area contributed by atoms with Crippen LogP contribution in [0.5, 0.6) is 0 Å². The molecule has 0 radical (unpaired) electrons. The van der Waals surface area contributed by atoms with Gasteiger partial charge in [-0.2, -0.15) is 0 Å². The molecule has 0 bridgehead atoms. The number of hydrogen-bond donors (Lipinski definition) is 0. The fraction of sp³-hybridized carbons (Fsp3) is 0.208. The van der Waals surface area contributed by atoms with Crippen LogP contribution < -0.4 is 0 Å². The average Bonchev–Trinajstić information content (AvgIpc) is 3.12. The third-order valence-electron chi connectivity index (χ3n) is 5.29. The molecule has 4 rings (SSSR count). The number of hydrogen-bond acceptors (Lipinski definition) is 2. The molecule has 0 N–H and O–H groups in total. The molecule has 26 heavy (non-hydrogen) atoms. The summed E-state index contributed by atoms with van der Waals surface area (Å²) in [6.07, 6.45) is 1.08. The fourth-order valence-corrected chi connectivity index (χ4v) is 3.11. The van der Waals surface area contributed by atoms with Crippen molar-refractivity contribution < 1.29 is 4.42 Å². The molecule has 1 heterocycles. The van der Waals surface area contributed by atoms with Gasteiger partial charge in [-0.05, 0) is 52.8 Å². The van der Waals surface area contributed by atoms with Gasteiger partial charge >= 0.3 is 0 Å². The monoisotopic (exact) mass is 341 g/mol. The Morgan fingerprint density at radius 3 is 2.15 bits per heavy atom. The lowest BCUT2D eigenvalue weighted by atomic mass is 9.82. The van der Waals surface area contributed by atoms with Crippen LogP contribution >= 0.6 is 0 Å². The lowest BCUT2D eigenvalue weighted by Crippen LogP contribution is -2.14. The van der Waals surface area contributed by atoms with E-state index in [-0.39, 0.29) is 5.41 Å². The van der Waals surface area contributed by atoms with Gasteiger partial charge in [0, 0.05) is 5.56 Å². The van der Waals surface area contributed by atoms with E-state index in [1.54, 1.807) is 0 Å². The van der Waals surface area contributed by atoms with Crippen molar-refractivity contribution in [3.05, 3.63) is 78.4 Å². The smallest absolute Gasteiger partial charge is 0.227 e. The van der Waals surface area contributed by atoms with Crippen molar-refractivity contribution in [2.75, 3.05) is 0 Å². The Hall–Kier alpha value is -2.87. The van der Waals surface area contributed by atoms with Crippen LogP contribution in [-0.2, 0) is 5.41 Å². The SMILES string of the molecule is CCC(C)(C)c1ccc2nc(-c3ccc(-c4ccccc4)cc3)oc2c1. The van der Waals surface area contributed by atoms with Crippen molar-refractivity contribution in [1.29, 1.82) is 0 Å². The predicted octanol–water partition coefficient (Wildman–Crippen LogP) is 6.85. The van der Waals surface area contributed by atoms with E-state index in [4.69, 9.17) is 4.42 Å². The predicted molar refractivity (Wildman–Crippen MR) is 108 cm³/mol. The van der Waals surface area contributed by atoms with Crippen molar-refractivity contribution in [2.45, 2.75) is 32.6 Å². The minimum absolute atomic E-state index is 0.137. The van der Waals surface area contributed by atoms with Gasteiger partial charge in [0.2, 0.25) is 5.89 Å². The molecule has 0 fully saturated rings. The Bertz CT molecular complexity index is 1030. The van der Waals surface area contributed by atoms with E-state index in [1.807, 2.05) is 6.07 Å². The molecule has 2 nitrogen and oxygen atoms in total. The first-order chi connectivity index (χ1) is 12.6. The molecular weight excluding hydrogens is 318 g/mol. The largest absolute Gasteiger partial charge is 0.436 e. The molecule has 4 aromatic rings. The summed E-state index contributed by atoms with van der Waals surface area (Å²) >= 11 is 0. The van der Waals surface area contributed by atoms with Crippen molar-refractivity contribution in [2.24, 2.45) is 0 Å². The maximum Gasteiger partial charge on any atom is 0.227 e. The zero-order chi connectivity index (χ0) is 18.1. The number of oxazole rings is 1. The summed E-state index contributed by atoms with van der Waals surface area (Å²) in [7, 11) is 0. The third-order valence-corrected chi connectivity index (χ3v) is 5.29. The lowest BCUT2D eigenvalue weighted by Gasteiger charge is -2.22. The van der Waals surface area contributed by atoms with Crippen molar-refractivity contribution in [1.82, 2.24) is 4.98 Å². The van der Waals surface area contributed by atoms with E-state index in [0.29, 0.717) is 5.89 Å². The Balaban J connectivity index is 1.68. The summed E-state index contributed by atoms with van der Waals surface area (Å²) < 4.78 is 6.07. The minimum Gasteiger partial charge on any atom is -0.436 e. The second-order valence-corrected chi connectivity index (χ2v) is 7.38. The Morgan fingerprint density at radius 1 is 0.808 bits per heavy atom. The zero-order valence-electron chi connectivity index (χ0n) is 15.5. The maximum atomic E-state index is 6.07. The highest BCUT2D eigenvalue weighted by Crippen LogP contribution is 2.32. The van der Waals surface area contributed by atoms with Crippen molar-refractivity contribution in [3.8, 4) is 22.6 Å². The number of rotatable bonds is 4. The van der Waals surface area contributed by atoms with E-state index in [2.05, 4.69) is 92.5 Å². The van der Waals surface area contributed by atoms with Gasteiger partial charge in [0.25, 0.3) is 0 Å². The summed E-state index contributed by atoms with van der Waals surface area (Å²) in [4.78, 5) is 4.67. The highest BCUT2D eigenvalue weighted by molar-refractivity contribution is 5.78. The van der Waals surface area contributed by atoms with Gasteiger partial charge < -0.3 is 4.42 Å². The van der Waals surface area contributed by atoms with Gasteiger partial charge in [-0.1, -0.05) is 69.3 Å². The van der Waals surface area contributed by atoms with Crippen molar-refractivity contribution >= 4 is 11.1 Å². The highest BCUT2D eigenvalue weighted by Gasteiger charge is 2.19. The molecule has 0 aliphatic rings. The van der Waals surface area contributed by atoms with E-state index >= 15 is 0 Å². The van der Waals surface area contributed by atoms with Crippen LogP contribution in [0.25, 0.3) is 33.7 Å². The van der Waals surface area contributed by atoms with Gasteiger partial charge in [0.1, 0.15) is 5.52 Å². The molecule has 0 aliphatic heterocycles. The molecule has 0 saturated heterocycles. The molecule has 1 aromatic heterocycles. The summed E-state index contributed by atoms with van der Waals surface area (Å²) in [5.41, 5.74) is 6.58. The Morgan fingerprint density at radius 2 is 1.46 bits per heavy atom. The highest BCUT2D eigenvalue weighted by atomic mass is 16.3. The standard InChI is InChI=1S/C24H23NO/c1-4-24(2,3)20-14-15-21-22(16-20)26-23(25-21)19-12-10-18(11-13-19)17-8-6-5-7-9-17/h5-16H,4H2,1-3H3. The van der Waals surface area contributed by atoms with Crippen LogP contribution in [-0.4, -0.2) is 4.98 Å². The molecule has 3 aromatic carbocycles. The number of fused-ring (bicyclic) bond motifs is 1. The summed E-state index contributed by atoms with van der Waals surface area (Å²) in [6.45, 7) is 6.73. The maximum absolute atomic E-state index is 6.07. The third kappa shape index (κ3) is 3.03. The Kier molecular flexibility index (Phi) is 4.12. The zero-order valence-corrected chi connectivity index (χ0v) is 15.5. The molecule has 0 atom stereocenters. The van der Waals surface area contributed by atoms with Crippen LogP contribution in [0.4, 0.5) is 0 Å². The van der Waals surface area contributed by atoms with Crippen LogP contribution in [0.1, 0.15) is 32.8 Å². The molecular formula is C24H23NO. The second kappa shape index (κ2) is 6.45. The van der Waals surface area contributed by atoms with Gasteiger partial charge in [-0.25, -0.2) is 4.98 Å². The van der Waals surface area contributed by atoms with E-state index in [9.17, 15) is 0 Å². The number of aromatic nitrogens is 1.